The number of aliphatic hydroxyl groups excluding tert-OH is 1. The molecule has 1 saturated heterocycles. The van der Waals surface area contributed by atoms with E-state index in [0.717, 1.165) is 0 Å². The van der Waals surface area contributed by atoms with Crippen LogP contribution in [0.3, 0.4) is 0 Å². The van der Waals surface area contributed by atoms with Gasteiger partial charge in [-0.05, 0) is 25.1 Å². The van der Waals surface area contributed by atoms with Gasteiger partial charge >= 0.3 is 0 Å². The molecule has 8 nitrogen and oxygen atoms in total. The maximum atomic E-state index is 12.5. The summed E-state index contributed by atoms with van der Waals surface area (Å²) >= 11 is 0. The Bertz CT molecular complexity index is 796. The van der Waals surface area contributed by atoms with Crippen LogP contribution < -0.4 is 15.8 Å². The van der Waals surface area contributed by atoms with E-state index in [-0.39, 0.29) is 5.56 Å². The average Bonchev–Trinajstić information content (AvgIpc) is 2.85. The van der Waals surface area contributed by atoms with Crippen molar-refractivity contribution in [2.45, 2.75) is 13.0 Å². The lowest BCUT2D eigenvalue weighted by atomic mass is 10.1. The Morgan fingerprint density at radius 1 is 1.44 bits per heavy atom. The smallest absolute Gasteiger partial charge is 0.256 e. The molecule has 0 radical (unpaired) electrons. The first-order valence-corrected chi connectivity index (χ1v) is 7.94. The lowest BCUT2D eigenvalue weighted by molar-refractivity contribution is -0.120. The van der Waals surface area contributed by atoms with Gasteiger partial charge in [0, 0.05) is 11.3 Å². The topological polar surface area (TPSA) is 124 Å². The molecule has 1 aromatic heterocycles. The Morgan fingerprint density at radius 3 is 2.80 bits per heavy atom. The van der Waals surface area contributed by atoms with E-state index in [1.807, 2.05) is 0 Å². The van der Waals surface area contributed by atoms with Crippen LogP contribution in [0, 0.1) is 12.8 Å². The molecule has 134 valence electrons. The van der Waals surface area contributed by atoms with Gasteiger partial charge < -0.3 is 30.0 Å². The van der Waals surface area contributed by atoms with E-state index in [4.69, 9.17) is 24.7 Å². The second-order valence-electron chi connectivity index (χ2n) is 6.02. The Balaban J connectivity index is 1.84. The fourth-order valence-electron chi connectivity index (χ4n) is 2.60. The summed E-state index contributed by atoms with van der Waals surface area (Å²) in [6, 6.07) is 4.06. The quantitative estimate of drug-likeness (QED) is 0.663. The number of ether oxygens (including phenoxy) is 2. The largest absolute Gasteiger partial charge is 0.493 e. The van der Waals surface area contributed by atoms with Crippen LogP contribution >= 0.6 is 0 Å². The number of primary amides is 1. The average molecular weight is 348 g/mol. The Morgan fingerprint density at radius 2 is 2.20 bits per heavy atom. The van der Waals surface area contributed by atoms with Crippen LogP contribution in [0.15, 0.2) is 22.6 Å². The van der Waals surface area contributed by atoms with E-state index in [2.05, 4.69) is 5.32 Å². The number of aliphatic hydroxyl groups is 1. The highest BCUT2D eigenvalue weighted by Crippen LogP contribution is 2.29. The number of aryl methyl sites for hydroxylation is 1. The van der Waals surface area contributed by atoms with Gasteiger partial charge in [0.15, 0.2) is 0 Å². The molecule has 0 aliphatic carbocycles. The van der Waals surface area contributed by atoms with Gasteiger partial charge in [-0.3, -0.25) is 9.59 Å². The number of rotatable bonds is 7. The number of nitrogens with one attached hydrogen (secondary N) is 1. The molecule has 8 heteroatoms. The molecule has 25 heavy (non-hydrogen) atoms. The van der Waals surface area contributed by atoms with Gasteiger partial charge in [0.1, 0.15) is 23.1 Å². The van der Waals surface area contributed by atoms with Crippen molar-refractivity contribution in [2.24, 2.45) is 11.7 Å². The van der Waals surface area contributed by atoms with E-state index in [1.54, 1.807) is 25.1 Å². The van der Waals surface area contributed by atoms with Crippen molar-refractivity contribution in [3.8, 4) is 5.75 Å². The maximum absolute atomic E-state index is 12.5. The van der Waals surface area contributed by atoms with Crippen LogP contribution in [-0.4, -0.2) is 49.4 Å². The molecule has 1 aliphatic rings. The molecule has 0 saturated carbocycles. The molecule has 1 atom stereocenters. The van der Waals surface area contributed by atoms with Crippen LogP contribution in [0.1, 0.15) is 16.1 Å². The van der Waals surface area contributed by atoms with E-state index in [9.17, 15) is 9.59 Å². The molecule has 0 bridgehead atoms. The third kappa shape index (κ3) is 3.59. The molecular weight excluding hydrogens is 328 g/mol. The molecule has 2 amide bonds. The monoisotopic (exact) mass is 348 g/mol. The fraction of sp³-hybridized carbons (Fsp3) is 0.412. The third-order valence-electron chi connectivity index (χ3n) is 4.09. The predicted molar refractivity (Wildman–Crippen MR) is 88.3 cm³/mol. The summed E-state index contributed by atoms with van der Waals surface area (Å²) in [7, 11) is 0. The zero-order valence-corrected chi connectivity index (χ0v) is 13.8. The highest BCUT2D eigenvalue weighted by Gasteiger charge is 2.24. The van der Waals surface area contributed by atoms with Crippen molar-refractivity contribution in [2.75, 3.05) is 26.4 Å². The molecule has 1 aromatic carbocycles. The highest BCUT2D eigenvalue weighted by molar-refractivity contribution is 6.08. The van der Waals surface area contributed by atoms with Crippen LogP contribution in [0.5, 0.6) is 5.75 Å². The minimum absolute atomic E-state index is 0.284. The second kappa shape index (κ2) is 7.12. The molecule has 0 spiro atoms. The summed E-state index contributed by atoms with van der Waals surface area (Å²) in [4.78, 5) is 23.7. The van der Waals surface area contributed by atoms with Gasteiger partial charge in [-0.25, -0.2) is 0 Å². The minimum Gasteiger partial charge on any atom is -0.493 e. The number of carbonyl (C=O) groups is 2. The van der Waals surface area contributed by atoms with Gasteiger partial charge in [-0.1, -0.05) is 0 Å². The minimum atomic E-state index is -1.16. The molecule has 2 aromatic rings. The van der Waals surface area contributed by atoms with Crippen molar-refractivity contribution in [3.05, 3.63) is 29.5 Å². The zero-order chi connectivity index (χ0) is 18.0. The number of benzene rings is 1. The lowest BCUT2D eigenvalue weighted by Crippen LogP contribution is -2.46. The maximum Gasteiger partial charge on any atom is 0.256 e. The van der Waals surface area contributed by atoms with Gasteiger partial charge in [0.05, 0.1) is 32.0 Å². The van der Waals surface area contributed by atoms with Crippen molar-refractivity contribution in [3.63, 3.8) is 0 Å². The van der Waals surface area contributed by atoms with Crippen molar-refractivity contribution < 1.29 is 28.6 Å². The Labute approximate surface area is 143 Å². The normalized spacial score (nSPS) is 15.6. The second-order valence-corrected chi connectivity index (χ2v) is 6.02. The van der Waals surface area contributed by atoms with Crippen molar-refractivity contribution in [1.29, 1.82) is 0 Å². The first-order valence-electron chi connectivity index (χ1n) is 7.94. The van der Waals surface area contributed by atoms with Crippen LogP contribution in [0.2, 0.25) is 0 Å². The molecule has 2 heterocycles. The van der Waals surface area contributed by atoms with Crippen molar-refractivity contribution >= 4 is 22.8 Å². The van der Waals surface area contributed by atoms with Crippen LogP contribution in [-0.2, 0) is 9.53 Å². The molecule has 0 unspecified atom stereocenters. The van der Waals surface area contributed by atoms with Crippen LogP contribution in [0.4, 0.5) is 0 Å². The SMILES string of the molecule is Cc1oc2ccc(OCC3COC3)cc2c1C(=O)N[C@@H](CO)C(N)=O. The first kappa shape index (κ1) is 17.2. The van der Waals surface area contributed by atoms with Gasteiger partial charge in [0.25, 0.3) is 5.91 Å². The van der Waals surface area contributed by atoms with Gasteiger partial charge in [0.2, 0.25) is 5.91 Å². The number of furan rings is 1. The molecule has 1 fully saturated rings. The Kier molecular flexibility index (Phi) is 4.91. The number of amides is 2. The zero-order valence-electron chi connectivity index (χ0n) is 13.8. The summed E-state index contributed by atoms with van der Waals surface area (Å²) < 4.78 is 16.4. The molecule has 4 N–H and O–H groups in total. The summed E-state index contributed by atoms with van der Waals surface area (Å²) in [5.74, 6) is 0.0400. The first-order chi connectivity index (χ1) is 12.0. The Hall–Kier alpha value is -2.58. The number of hydrogen-bond acceptors (Lipinski definition) is 6. The molecule has 3 rings (SSSR count). The number of hydrogen-bond donors (Lipinski definition) is 3. The number of carbonyl (C=O) groups excluding carboxylic acids is 2. The van der Waals surface area contributed by atoms with E-state index in [1.165, 1.54) is 0 Å². The third-order valence-corrected chi connectivity index (χ3v) is 4.09. The number of nitrogens with two attached hydrogens (primary N) is 1. The van der Waals surface area contributed by atoms with Crippen molar-refractivity contribution in [1.82, 2.24) is 5.32 Å². The summed E-state index contributed by atoms with van der Waals surface area (Å²) in [6.45, 7) is 3.00. The predicted octanol–water partition coefficient (Wildman–Crippen LogP) is 0.342. The highest BCUT2D eigenvalue weighted by atomic mass is 16.5. The van der Waals surface area contributed by atoms with E-state index in [0.29, 0.717) is 48.2 Å². The summed E-state index contributed by atoms with van der Waals surface area (Å²) in [6.07, 6.45) is 0. The standard InChI is InChI=1S/C17H20N2O6/c1-9-15(17(22)19-13(5-20)16(18)21)12-4-11(2-3-14(12)25-9)24-8-10-6-23-7-10/h2-4,10,13,20H,5-8H2,1H3,(H2,18,21)(H,19,22)/t13-/m0/s1. The van der Waals surface area contributed by atoms with Crippen LogP contribution in [0.25, 0.3) is 11.0 Å². The summed E-state index contributed by atoms with van der Waals surface area (Å²) in [5.41, 5.74) is 5.96. The number of fused-ring (bicyclic) bond motifs is 1. The summed E-state index contributed by atoms with van der Waals surface area (Å²) in [5, 5.41) is 12.1. The van der Waals surface area contributed by atoms with E-state index >= 15 is 0 Å². The molecule has 1 aliphatic heterocycles. The van der Waals surface area contributed by atoms with Gasteiger partial charge in [-0.15, -0.1) is 0 Å². The fourth-order valence-corrected chi connectivity index (χ4v) is 2.60. The lowest BCUT2D eigenvalue weighted by Gasteiger charge is -2.25. The van der Waals surface area contributed by atoms with E-state index < -0.39 is 24.5 Å². The molecular formula is C17H20N2O6. The van der Waals surface area contributed by atoms with Gasteiger partial charge in [-0.2, -0.15) is 0 Å².